The van der Waals surface area contributed by atoms with Gasteiger partial charge in [-0.2, -0.15) is 0 Å². The lowest BCUT2D eigenvalue weighted by atomic mass is 10.1. The number of hydrogen-bond donors (Lipinski definition) is 0. The van der Waals surface area contributed by atoms with Crippen molar-refractivity contribution in [3.8, 4) is 0 Å². The molecule has 0 spiro atoms. The van der Waals surface area contributed by atoms with Crippen LogP contribution in [0, 0.1) is 5.92 Å². The molecule has 0 rings (SSSR count). The molecule has 0 amide bonds. The summed E-state index contributed by atoms with van der Waals surface area (Å²) in [5, 5.41) is 1.65. The predicted octanol–water partition coefficient (Wildman–Crippen LogP) is 1.99. The molecule has 0 aromatic heterocycles. The van der Waals surface area contributed by atoms with Crippen LogP contribution in [0.25, 0.3) is 0 Å². The van der Waals surface area contributed by atoms with Crippen LogP contribution in [0.5, 0.6) is 0 Å². The molecule has 0 aromatic rings. The molecule has 0 heterocycles. The summed E-state index contributed by atoms with van der Waals surface area (Å²) in [6.07, 6.45) is 1.24. The zero-order valence-electron chi connectivity index (χ0n) is 5.89. The molecule has 9 heavy (non-hydrogen) atoms. The van der Waals surface area contributed by atoms with E-state index in [0.717, 1.165) is 0 Å². The summed E-state index contributed by atoms with van der Waals surface area (Å²) >= 11 is 4.66. The number of carbonyl (C=O) groups is 1. The molecule has 0 saturated carbocycles. The number of Topliss-reactive ketones (excluding diaryl/α,β-unsaturated/α-hetero) is 1. The summed E-state index contributed by atoms with van der Waals surface area (Å²) in [5.41, 5.74) is 0. The Morgan fingerprint density at radius 2 is 2.33 bits per heavy atom. The highest BCUT2D eigenvalue weighted by molar-refractivity contribution is 7.79. The van der Waals surface area contributed by atoms with Crippen molar-refractivity contribution < 1.29 is 4.79 Å². The lowest BCUT2D eigenvalue weighted by Crippen LogP contribution is -2.03. The molecule has 0 N–H and O–H groups in total. The van der Waals surface area contributed by atoms with Crippen LogP contribution in [0.2, 0.25) is 0 Å². The third-order valence-electron chi connectivity index (χ3n) is 1.18. The van der Waals surface area contributed by atoms with E-state index in [-0.39, 0.29) is 5.92 Å². The van der Waals surface area contributed by atoms with Crippen LogP contribution in [0.3, 0.4) is 0 Å². The van der Waals surface area contributed by atoms with Crippen molar-refractivity contribution in [3.63, 3.8) is 0 Å². The van der Waals surface area contributed by atoms with Crippen LogP contribution in [0.1, 0.15) is 26.7 Å². The molecule has 1 nitrogen and oxygen atoms in total. The smallest absolute Gasteiger partial charge is 0.133 e. The Kier molecular flexibility index (Phi) is 4.50. The second-order valence-electron chi connectivity index (χ2n) is 2.21. The maximum atomic E-state index is 10.7. The predicted molar refractivity (Wildman–Crippen MR) is 42.7 cm³/mol. The van der Waals surface area contributed by atoms with E-state index in [1.807, 2.05) is 13.8 Å². The number of rotatable bonds is 4. The highest BCUT2D eigenvalue weighted by Crippen LogP contribution is 2.00. The molecule has 0 aliphatic rings. The average Bonchev–Trinajstić information content (AvgIpc) is 1.87. The molecular weight excluding hydrogens is 132 g/mol. The highest BCUT2D eigenvalue weighted by Gasteiger charge is 2.02. The average molecular weight is 144 g/mol. The Balaban J connectivity index is 3.46. The highest BCUT2D eigenvalue weighted by atomic mass is 32.1. The summed E-state index contributed by atoms with van der Waals surface area (Å²) < 4.78 is 0. The van der Waals surface area contributed by atoms with E-state index in [9.17, 15) is 4.79 Å². The van der Waals surface area contributed by atoms with Gasteiger partial charge in [0.05, 0.1) is 0 Å². The van der Waals surface area contributed by atoms with Gasteiger partial charge in [-0.25, -0.2) is 0 Å². The van der Waals surface area contributed by atoms with Gasteiger partial charge in [0, 0.05) is 12.8 Å². The van der Waals surface area contributed by atoms with Crippen LogP contribution in [0.4, 0.5) is 0 Å². The van der Waals surface area contributed by atoms with Crippen LogP contribution in [-0.2, 0) is 4.79 Å². The quantitative estimate of drug-likeness (QED) is 0.561. The monoisotopic (exact) mass is 144 g/mol. The SMILES string of the molecule is CCC(=O)CC(C)C=S. The molecule has 0 fully saturated rings. The van der Waals surface area contributed by atoms with Crippen molar-refractivity contribution in [3.05, 3.63) is 0 Å². The van der Waals surface area contributed by atoms with Gasteiger partial charge < -0.3 is 0 Å². The van der Waals surface area contributed by atoms with Gasteiger partial charge >= 0.3 is 0 Å². The Morgan fingerprint density at radius 3 is 2.67 bits per heavy atom. The molecule has 2 heteroatoms. The minimum atomic E-state index is 0.271. The normalized spacial score (nSPS) is 12.7. The molecule has 0 aromatic carbocycles. The molecular formula is C7H12OS. The second kappa shape index (κ2) is 4.62. The molecule has 0 aliphatic carbocycles. The molecule has 52 valence electrons. The number of ketones is 1. The maximum absolute atomic E-state index is 10.7. The van der Waals surface area contributed by atoms with Crippen molar-refractivity contribution in [2.45, 2.75) is 26.7 Å². The topological polar surface area (TPSA) is 17.1 Å². The Labute approximate surface area is 61.4 Å². The van der Waals surface area contributed by atoms with Crippen molar-refractivity contribution in [1.82, 2.24) is 0 Å². The minimum absolute atomic E-state index is 0.271. The first kappa shape index (κ1) is 8.76. The molecule has 0 bridgehead atoms. The van der Waals surface area contributed by atoms with Gasteiger partial charge in [-0.1, -0.05) is 26.1 Å². The molecule has 0 saturated heterocycles. The van der Waals surface area contributed by atoms with Gasteiger partial charge in [0.1, 0.15) is 5.78 Å². The summed E-state index contributed by atoms with van der Waals surface area (Å²) in [5.74, 6) is 0.566. The van der Waals surface area contributed by atoms with Gasteiger partial charge in [0.25, 0.3) is 0 Å². The lowest BCUT2D eigenvalue weighted by molar-refractivity contribution is -0.119. The van der Waals surface area contributed by atoms with E-state index >= 15 is 0 Å². The van der Waals surface area contributed by atoms with Gasteiger partial charge in [0.15, 0.2) is 0 Å². The van der Waals surface area contributed by atoms with Gasteiger partial charge in [-0.3, -0.25) is 4.79 Å². The van der Waals surface area contributed by atoms with Crippen molar-refractivity contribution in [2.24, 2.45) is 5.92 Å². The fourth-order valence-corrected chi connectivity index (χ4v) is 0.648. The zero-order chi connectivity index (χ0) is 7.28. The first-order chi connectivity index (χ1) is 4.20. The third kappa shape index (κ3) is 4.28. The molecule has 1 unspecified atom stereocenters. The van der Waals surface area contributed by atoms with Gasteiger partial charge in [0.2, 0.25) is 0 Å². The largest absolute Gasteiger partial charge is 0.300 e. The zero-order valence-corrected chi connectivity index (χ0v) is 6.70. The van der Waals surface area contributed by atoms with Crippen LogP contribution in [-0.4, -0.2) is 11.2 Å². The van der Waals surface area contributed by atoms with E-state index in [1.165, 1.54) is 0 Å². The van der Waals surface area contributed by atoms with E-state index in [2.05, 4.69) is 12.2 Å². The van der Waals surface area contributed by atoms with Crippen molar-refractivity contribution in [1.29, 1.82) is 0 Å². The fraction of sp³-hybridized carbons (Fsp3) is 0.714. The number of carbonyl (C=O) groups excluding carboxylic acids is 1. The van der Waals surface area contributed by atoms with E-state index in [4.69, 9.17) is 0 Å². The summed E-state index contributed by atoms with van der Waals surface area (Å²) in [6, 6.07) is 0. The van der Waals surface area contributed by atoms with Crippen LogP contribution < -0.4 is 0 Å². The Bertz CT molecular complexity index is 109. The first-order valence-corrected chi connectivity index (χ1v) is 3.64. The number of hydrogen-bond acceptors (Lipinski definition) is 2. The summed E-state index contributed by atoms with van der Waals surface area (Å²) in [6.45, 7) is 3.83. The molecule has 0 aliphatic heterocycles. The van der Waals surface area contributed by atoms with E-state index in [1.54, 1.807) is 5.37 Å². The van der Waals surface area contributed by atoms with E-state index < -0.39 is 0 Å². The summed E-state index contributed by atoms with van der Waals surface area (Å²) in [7, 11) is 0. The first-order valence-electron chi connectivity index (χ1n) is 3.17. The third-order valence-corrected chi connectivity index (χ3v) is 1.64. The molecule has 1 atom stereocenters. The standard InChI is InChI=1S/C7H12OS/c1-3-7(8)4-6(2)5-9/h5-6H,3-4H2,1-2H3. The Morgan fingerprint density at radius 1 is 1.78 bits per heavy atom. The lowest BCUT2D eigenvalue weighted by Gasteiger charge is -1.99. The van der Waals surface area contributed by atoms with Crippen LogP contribution >= 0.6 is 12.2 Å². The van der Waals surface area contributed by atoms with Crippen molar-refractivity contribution >= 4 is 23.4 Å². The Hall–Kier alpha value is -0.240. The van der Waals surface area contributed by atoms with E-state index in [0.29, 0.717) is 18.6 Å². The van der Waals surface area contributed by atoms with Crippen molar-refractivity contribution in [2.75, 3.05) is 0 Å². The van der Waals surface area contributed by atoms with Gasteiger partial charge in [-0.05, 0) is 11.3 Å². The fourth-order valence-electron chi connectivity index (χ4n) is 0.552. The summed E-state index contributed by atoms with van der Waals surface area (Å²) in [4.78, 5) is 10.7. The second-order valence-corrected chi connectivity index (χ2v) is 2.48. The number of thiocarbonyl (C=S) groups is 1. The van der Waals surface area contributed by atoms with Gasteiger partial charge in [-0.15, -0.1) is 0 Å². The minimum Gasteiger partial charge on any atom is -0.300 e. The molecule has 0 radical (unpaired) electrons. The maximum Gasteiger partial charge on any atom is 0.133 e. The van der Waals surface area contributed by atoms with Crippen LogP contribution in [0.15, 0.2) is 0 Å².